The van der Waals surface area contributed by atoms with E-state index in [1.165, 1.54) is 0 Å². The molecule has 0 radical (unpaired) electrons. The zero-order chi connectivity index (χ0) is 15.2. The highest BCUT2D eigenvalue weighted by Crippen LogP contribution is 2.23. The molecule has 2 amide bonds. The van der Waals surface area contributed by atoms with Gasteiger partial charge in [-0.1, -0.05) is 6.42 Å². The van der Waals surface area contributed by atoms with E-state index < -0.39 is 0 Å². The summed E-state index contributed by atoms with van der Waals surface area (Å²) in [6.07, 6.45) is 5.16. The van der Waals surface area contributed by atoms with Crippen molar-refractivity contribution >= 4 is 12.0 Å². The molecule has 2 rings (SSSR count). The molecule has 1 heterocycles. The normalized spacial score (nSPS) is 27.2. The number of piperidine rings is 1. The van der Waals surface area contributed by atoms with Gasteiger partial charge in [0.2, 0.25) is 5.91 Å². The first-order valence-corrected chi connectivity index (χ1v) is 8.07. The smallest absolute Gasteiger partial charge is 0.409 e. The van der Waals surface area contributed by atoms with Gasteiger partial charge in [0.15, 0.2) is 0 Å². The first kappa shape index (κ1) is 16.1. The monoisotopic (exact) mass is 297 g/mol. The van der Waals surface area contributed by atoms with Crippen LogP contribution in [0.2, 0.25) is 0 Å². The summed E-state index contributed by atoms with van der Waals surface area (Å²) >= 11 is 0. The average molecular weight is 297 g/mol. The molecular weight excluding hydrogens is 270 g/mol. The standard InChI is InChI=1S/C15H27N3O3/c1-2-21-15(20)18-8-6-13(7-9-18)17-14(19)11-4-3-5-12(16)10-11/h11-13H,2-10,16H2,1H3,(H,17,19). The van der Waals surface area contributed by atoms with Crippen LogP contribution in [0.3, 0.4) is 0 Å². The molecule has 21 heavy (non-hydrogen) atoms. The molecule has 1 saturated carbocycles. The Morgan fingerprint density at radius 3 is 2.57 bits per heavy atom. The van der Waals surface area contributed by atoms with Crippen molar-refractivity contribution in [3.05, 3.63) is 0 Å². The Morgan fingerprint density at radius 2 is 1.95 bits per heavy atom. The summed E-state index contributed by atoms with van der Waals surface area (Å²) in [4.78, 5) is 25.6. The van der Waals surface area contributed by atoms with Gasteiger partial charge in [0.05, 0.1) is 6.61 Å². The van der Waals surface area contributed by atoms with Gasteiger partial charge in [0.25, 0.3) is 0 Å². The van der Waals surface area contributed by atoms with Crippen LogP contribution < -0.4 is 11.1 Å². The maximum Gasteiger partial charge on any atom is 0.409 e. The highest BCUT2D eigenvalue weighted by atomic mass is 16.6. The van der Waals surface area contributed by atoms with E-state index in [0.717, 1.165) is 38.5 Å². The van der Waals surface area contributed by atoms with E-state index in [2.05, 4.69) is 5.32 Å². The molecule has 2 unspecified atom stereocenters. The average Bonchev–Trinajstić information content (AvgIpc) is 2.48. The minimum absolute atomic E-state index is 0.0665. The van der Waals surface area contributed by atoms with Crippen LogP contribution in [0.15, 0.2) is 0 Å². The van der Waals surface area contributed by atoms with Crippen molar-refractivity contribution in [2.45, 2.75) is 57.5 Å². The van der Waals surface area contributed by atoms with Gasteiger partial charge < -0.3 is 20.7 Å². The van der Waals surface area contributed by atoms with Crippen LogP contribution in [-0.4, -0.2) is 48.7 Å². The number of carbonyl (C=O) groups is 2. The van der Waals surface area contributed by atoms with E-state index in [-0.39, 0.29) is 30.0 Å². The minimum Gasteiger partial charge on any atom is -0.450 e. The highest BCUT2D eigenvalue weighted by molar-refractivity contribution is 5.79. The highest BCUT2D eigenvalue weighted by Gasteiger charge is 2.29. The van der Waals surface area contributed by atoms with E-state index in [0.29, 0.717) is 19.7 Å². The van der Waals surface area contributed by atoms with Gasteiger partial charge in [0.1, 0.15) is 0 Å². The lowest BCUT2D eigenvalue weighted by molar-refractivity contribution is -0.127. The molecule has 2 fully saturated rings. The zero-order valence-electron chi connectivity index (χ0n) is 12.8. The molecule has 0 spiro atoms. The predicted molar refractivity (Wildman–Crippen MR) is 79.7 cm³/mol. The molecule has 0 aromatic heterocycles. The first-order chi connectivity index (χ1) is 10.1. The molecule has 2 aliphatic rings. The Balaban J connectivity index is 1.73. The molecule has 1 saturated heterocycles. The largest absolute Gasteiger partial charge is 0.450 e. The van der Waals surface area contributed by atoms with Crippen molar-refractivity contribution < 1.29 is 14.3 Å². The van der Waals surface area contributed by atoms with Crippen molar-refractivity contribution in [1.82, 2.24) is 10.2 Å². The van der Waals surface area contributed by atoms with E-state index in [1.54, 1.807) is 11.8 Å². The van der Waals surface area contributed by atoms with Gasteiger partial charge in [-0.2, -0.15) is 0 Å². The summed E-state index contributed by atoms with van der Waals surface area (Å²) in [5.74, 6) is 0.205. The number of carbonyl (C=O) groups excluding carboxylic acids is 2. The van der Waals surface area contributed by atoms with E-state index in [9.17, 15) is 9.59 Å². The third-order valence-electron chi connectivity index (χ3n) is 4.45. The second-order valence-electron chi connectivity index (χ2n) is 6.09. The third-order valence-corrected chi connectivity index (χ3v) is 4.45. The van der Waals surface area contributed by atoms with Crippen LogP contribution in [0.5, 0.6) is 0 Å². The fraction of sp³-hybridized carbons (Fsp3) is 0.867. The topological polar surface area (TPSA) is 84.7 Å². The Hall–Kier alpha value is -1.30. The van der Waals surface area contributed by atoms with E-state index in [1.807, 2.05) is 0 Å². The maximum absolute atomic E-state index is 12.3. The summed E-state index contributed by atoms with van der Waals surface area (Å²) in [6, 6.07) is 0.335. The summed E-state index contributed by atoms with van der Waals surface area (Å²) < 4.78 is 4.99. The summed E-state index contributed by atoms with van der Waals surface area (Å²) in [6.45, 7) is 3.50. The lowest BCUT2D eigenvalue weighted by Crippen LogP contribution is -2.48. The van der Waals surface area contributed by atoms with Crippen LogP contribution in [-0.2, 0) is 9.53 Å². The molecule has 2 atom stereocenters. The minimum atomic E-state index is -0.250. The molecule has 3 N–H and O–H groups in total. The fourth-order valence-electron chi connectivity index (χ4n) is 3.21. The fourth-order valence-corrected chi connectivity index (χ4v) is 3.21. The number of amides is 2. The second kappa shape index (κ2) is 7.64. The van der Waals surface area contributed by atoms with Gasteiger partial charge in [-0.25, -0.2) is 4.79 Å². The van der Waals surface area contributed by atoms with Crippen molar-refractivity contribution in [3.63, 3.8) is 0 Å². The van der Waals surface area contributed by atoms with Gasteiger partial charge in [0, 0.05) is 31.1 Å². The Morgan fingerprint density at radius 1 is 1.24 bits per heavy atom. The third kappa shape index (κ3) is 4.59. The lowest BCUT2D eigenvalue weighted by atomic mass is 9.85. The number of nitrogens with zero attached hydrogens (tertiary/aromatic N) is 1. The maximum atomic E-state index is 12.3. The van der Waals surface area contributed by atoms with Crippen molar-refractivity contribution in [1.29, 1.82) is 0 Å². The summed E-state index contributed by atoms with van der Waals surface area (Å²) in [5.41, 5.74) is 5.94. The zero-order valence-corrected chi connectivity index (χ0v) is 12.8. The SMILES string of the molecule is CCOC(=O)N1CCC(NC(=O)C2CCCC(N)C2)CC1. The first-order valence-electron chi connectivity index (χ1n) is 8.07. The lowest BCUT2D eigenvalue weighted by Gasteiger charge is -2.33. The molecule has 0 bridgehead atoms. The van der Waals surface area contributed by atoms with E-state index in [4.69, 9.17) is 10.5 Å². The van der Waals surface area contributed by atoms with Crippen molar-refractivity contribution in [2.75, 3.05) is 19.7 Å². The molecule has 6 heteroatoms. The Kier molecular flexibility index (Phi) is 5.85. The van der Waals surface area contributed by atoms with E-state index >= 15 is 0 Å². The number of ether oxygens (including phenoxy) is 1. The van der Waals surface area contributed by atoms with Crippen molar-refractivity contribution in [2.24, 2.45) is 11.7 Å². The van der Waals surface area contributed by atoms with Crippen molar-refractivity contribution in [3.8, 4) is 0 Å². The van der Waals surface area contributed by atoms with Crippen LogP contribution in [0.1, 0.15) is 45.4 Å². The summed E-state index contributed by atoms with van der Waals surface area (Å²) in [5, 5.41) is 3.13. The van der Waals surface area contributed by atoms with Crippen LogP contribution in [0.25, 0.3) is 0 Å². The molecule has 120 valence electrons. The molecule has 1 aliphatic heterocycles. The molecule has 6 nitrogen and oxygen atoms in total. The molecular formula is C15H27N3O3. The number of likely N-dealkylation sites (tertiary alicyclic amines) is 1. The number of hydrogen-bond donors (Lipinski definition) is 2. The van der Waals surface area contributed by atoms with Gasteiger partial charge in [-0.3, -0.25) is 4.79 Å². The number of nitrogens with two attached hydrogens (primary N) is 1. The molecule has 0 aromatic rings. The second-order valence-corrected chi connectivity index (χ2v) is 6.09. The molecule has 1 aliphatic carbocycles. The number of rotatable bonds is 3. The predicted octanol–water partition coefficient (Wildman–Crippen LogP) is 1.24. The van der Waals surface area contributed by atoms with Crippen LogP contribution >= 0.6 is 0 Å². The number of nitrogens with one attached hydrogen (secondary N) is 1. The quantitative estimate of drug-likeness (QED) is 0.821. The Labute approximate surface area is 126 Å². The van der Waals surface area contributed by atoms with Gasteiger partial charge in [-0.05, 0) is 39.0 Å². The number of hydrogen-bond acceptors (Lipinski definition) is 4. The molecule has 0 aromatic carbocycles. The summed E-state index contributed by atoms with van der Waals surface area (Å²) in [7, 11) is 0. The van der Waals surface area contributed by atoms with Gasteiger partial charge in [-0.15, -0.1) is 0 Å². The van der Waals surface area contributed by atoms with Gasteiger partial charge >= 0.3 is 6.09 Å². The van der Waals surface area contributed by atoms with Crippen LogP contribution in [0.4, 0.5) is 4.79 Å². The Bertz CT molecular complexity index is 367. The van der Waals surface area contributed by atoms with Crippen LogP contribution in [0, 0.1) is 5.92 Å².